The van der Waals surface area contributed by atoms with Gasteiger partial charge in [-0.2, -0.15) is 0 Å². The van der Waals surface area contributed by atoms with E-state index < -0.39 is 42.8 Å². The molecule has 8 nitrogen and oxygen atoms in total. The number of fused-ring (bicyclic) bond motifs is 1. The van der Waals surface area contributed by atoms with Gasteiger partial charge in [-0.15, -0.1) is 0 Å². The highest BCUT2D eigenvalue weighted by Gasteiger charge is 2.55. The van der Waals surface area contributed by atoms with E-state index in [1.54, 1.807) is 19.3 Å². The molecule has 0 saturated heterocycles. The molecule has 0 amide bonds. The van der Waals surface area contributed by atoms with Gasteiger partial charge in [-0.1, -0.05) is 86.6 Å². The zero-order chi connectivity index (χ0) is 38.8. The summed E-state index contributed by atoms with van der Waals surface area (Å²) in [5.41, 5.74) is 0.187. The van der Waals surface area contributed by atoms with E-state index in [1.165, 1.54) is 7.11 Å². The topological polar surface area (TPSA) is 89.5 Å². The molecule has 3 rings (SSSR count). The number of esters is 1. The van der Waals surface area contributed by atoms with Crippen molar-refractivity contribution in [2.75, 3.05) is 14.2 Å². The summed E-state index contributed by atoms with van der Waals surface area (Å²) in [4.78, 5) is 26.4. The van der Waals surface area contributed by atoms with Gasteiger partial charge in [0, 0.05) is 16.7 Å². The number of hydrogen-bond donors (Lipinski definition) is 0. The average molecular weight is 759 g/mol. The van der Waals surface area contributed by atoms with Gasteiger partial charge in [-0.25, -0.2) is 0 Å². The number of Topliss-reactive ketones (excluding diaryl/α,β-unsaturated/α-hetero) is 1. The summed E-state index contributed by atoms with van der Waals surface area (Å²) in [6.07, 6.45) is 6.16. The molecule has 286 valence electrons. The lowest BCUT2D eigenvalue weighted by atomic mass is 9.77. The number of ketones is 1. The van der Waals surface area contributed by atoms with Crippen LogP contribution in [-0.4, -0.2) is 69.2 Å². The van der Waals surface area contributed by atoms with Gasteiger partial charge in [-0.05, 0) is 79.5 Å². The second-order valence-corrected chi connectivity index (χ2v) is 31.3. The Morgan fingerprint density at radius 1 is 0.922 bits per heavy atom. The highest BCUT2D eigenvalue weighted by molar-refractivity contribution is 6.75. The van der Waals surface area contributed by atoms with Gasteiger partial charge in [0.25, 0.3) is 0 Å². The van der Waals surface area contributed by atoms with Crippen molar-refractivity contribution in [3.8, 4) is 5.75 Å². The number of rotatable bonds is 14. The number of ether oxygens (including phenoxy) is 3. The van der Waals surface area contributed by atoms with Crippen LogP contribution in [0.2, 0.25) is 54.4 Å². The molecule has 11 heteroatoms. The maximum Gasteiger partial charge on any atom is 0.309 e. The summed E-state index contributed by atoms with van der Waals surface area (Å²) >= 11 is 0. The molecule has 1 unspecified atom stereocenters. The zero-order valence-electron chi connectivity index (χ0n) is 34.4. The third-order valence-electron chi connectivity index (χ3n) is 11.9. The lowest BCUT2D eigenvalue weighted by Crippen LogP contribution is -2.57. The maximum absolute atomic E-state index is 14.3. The van der Waals surface area contributed by atoms with Crippen molar-refractivity contribution in [3.63, 3.8) is 0 Å². The largest absolute Gasteiger partial charge is 0.496 e. The fourth-order valence-electron chi connectivity index (χ4n) is 6.24. The van der Waals surface area contributed by atoms with E-state index in [4.69, 9.17) is 27.5 Å². The van der Waals surface area contributed by atoms with Gasteiger partial charge < -0.3 is 27.5 Å². The molecule has 0 spiro atoms. The molecule has 1 aromatic rings. The minimum atomic E-state index is -2.46. The summed E-state index contributed by atoms with van der Waals surface area (Å²) in [5, 5.41) is -0.0844. The lowest BCUT2D eigenvalue weighted by Gasteiger charge is -2.50. The van der Waals surface area contributed by atoms with E-state index in [1.807, 2.05) is 24.3 Å². The van der Waals surface area contributed by atoms with Crippen LogP contribution in [0.3, 0.4) is 0 Å². The molecule has 2 aliphatic rings. The van der Waals surface area contributed by atoms with Gasteiger partial charge in [0.2, 0.25) is 0 Å². The molecule has 1 aliphatic carbocycles. The Bertz CT molecular complexity index is 1500. The SMILES string of the molecule is CC[Si](CC)(CC)OC1(C2=C[C@H](O[Si](C)(C)C(C)(C)C)[C@@H](O[Si](C)(C)C(C)(C)C)[C@H](C)O2)C=C(/C=C/CC(=O)OC)C(=O)c2cccc(OC)c21. The quantitative estimate of drug-likeness (QED) is 0.137. The van der Waals surface area contributed by atoms with Gasteiger partial charge in [0.1, 0.15) is 23.7 Å². The smallest absolute Gasteiger partial charge is 0.309 e. The highest BCUT2D eigenvalue weighted by Crippen LogP contribution is 2.52. The van der Waals surface area contributed by atoms with Crippen molar-refractivity contribution in [3.05, 3.63) is 65.0 Å². The predicted molar refractivity (Wildman–Crippen MR) is 214 cm³/mol. The number of carbonyl (C=O) groups excluding carboxylic acids is 2. The third-order valence-corrected chi connectivity index (χ3v) is 25.4. The summed E-state index contributed by atoms with van der Waals surface area (Å²) < 4.78 is 40.2. The Hall–Kier alpha value is -2.29. The van der Waals surface area contributed by atoms with Gasteiger partial charge in [-0.3, -0.25) is 9.59 Å². The number of carbonyl (C=O) groups is 2. The minimum absolute atomic E-state index is 0.0264. The van der Waals surface area contributed by atoms with Crippen molar-refractivity contribution < 1.29 is 37.1 Å². The van der Waals surface area contributed by atoms with Crippen LogP contribution in [0.1, 0.15) is 91.6 Å². The van der Waals surface area contributed by atoms with Crippen LogP contribution in [0.5, 0.6) is 5.75 Å². The van der Waals surface area contributed by atoms with Gasteiger partial charge in [0.05, 0.1) is 26.7 Å². The van der Waals surface area contributed by atoms with Crippen LogP contribution in [0.25, 0.3) is 0 Å². The minimum Gasteiger partial charge on any atom is -0.496 e. The van der Waals surface area contributed by atoms with E-state index in [0.29, 0.717) is 28.2 Å². The second-order valence-electron chi connectivity index (χ2n) is 17.1. The van der Waals surface area contributed by atoms with Crippen molar-refractivity contribution in [2.24, 2.45) is 0 Å². The fraction of sp³-hybridized carbons (Fsp3) is 0.650. The van der Waals surface area contributed by atoms with Crippen LogP contribution in [0, 0.1) is 0 Å². The molecule has 1 aromatic carbocycles. The van der Waals surface area contributed by atoms with Gasteiger partial charge >= 0.3 is 5.97 Å². The molecule has 1 heterocycles. The van der Waals surface area contributed by atoms with E-state index in [2.05, 4.69) is 102 Å². The van der Waals surface area contributed by atoms with Crippen LogP contribution >= 0.6 is 0 Å². The Morgan fingerprint density at radius 3 is 2.00 bits per heavy atom. The summed E-state index contributed by atoms with van der Waals surface area (Å²) in [6, 6.07) is 8.13. The molecule has 4 atom stereocenters. The Kier molecular flexibility index (Phi) is 13.5. The first-order valence-corrected chi connectivity index (χ1v) is 27.0. The third kappa shape index (κ3) is 8.92. The molecule has 0 radical (unpaired) electrons. The molecule has 0 saturated carbocycles. The van der Waals surface area contributed by atoms with Crippen LogP contribution in [0.4, 0.5) is 0 Å². The Balaban J connectivity index is 2.49. The average Bonchev–Trinajstić information content (AvgIpc) is 3.05. The first-order valence-electron chi connectivity index (χ1n) is 18.6. The van der Waals surface area contributed by atoms with Crippen LogP contribution in [-0.2, 0) is 33.1 Å². The van der Waals surface area contributed by atoms with Crippen LogP contribution in [0.15, 0.2) is 53.8 Å². The van der Waals surface area contributed by atoms with Crippen molar-refractivity contribution in [1.29, 1.82) is 0 Å². The molecular weight excluding hydrogens is 693 g/mol. The van der Waals surface area contributed by atoms with E-state index in [-0.39, 0.29) is 34.4 Å². The molecule has 0 bridgehead atoms. The summed E-state index contributed by atoms with van der Waals surface area (Å²) in [7, 11) is -4.11. The highest BCUT2D eigenvalue weighted by atomic mass is 28.4. The number of methoxy groups -OCH3 is 2. The van der Waals surface area contributed by atoms with E-state index >= 15 is 0 Å². The molecule has 1 aliphatic heterocycles. The molecule has 51 heavy (non-hydrogen) atoms. The molecule has 0 aromatic heterocycles. The number of allylic oxidation sites excluding steroid dienone is 2. The van der Waals surface area contributed by atoms with E-state index in [9.17, 15) is 9.59 Å². The van der Waals surface area contributed by atoms with Crippen molar-refractivity contribution in [1.82, 2.24) is 0 Å². The van der Waals surface area contributed by atoms with Crippen molar-refractivity contribution >= 4 is 36.7 Å². The standard InChI is InChI=1S/C40H66O8Si3/c1-17-51(18-2,19-3)48-40(27-29(22-20-25-34(41)44-12)36(42)30-23-21-24-31(43-11)35(30)40)33-26-32(46-49(13,14)38(5,6)7)37(28(4)45-33)47-50(15,16)39(8,9)10/h20-24,26-28,32,37H,17-19,25H2,1-16H3/b22-20+/t28-,32-,37-,40?/m0/s1. The second kappa shape index (κ2) is 16.0. The first kappa shape index (κ1) is 43.1. The molecular formula is C40H66O8Si3. The normalized spacial score (nSPS) is 23.4. The zero-order valence-corrected chi connectivity index (χ0v) is 37.4. The number of benzene rings is 1. The monoisotopic (exact) mass is 758 g/mol. The maximum atomic E-state index is 14.3. The number of hydrogen-bond acceptors (Lipinski definition) is 8. The lowest BCUT2D eigenvalue weighted by molar-refractivity contribution is -0.139. The van der Waals surface area contributed by atoms with Crippen molar-refractivity contribution in [2.45, 2.75) is 154 Å². The molecule has 0 N–H and O–H groups in total. The van der Waals surface area contributed by atoms with E-state index in [0.717, 1.165) is 18.1 Å². The Labute approximate surface area is 311 Å². The first-order chi connectivity index (χ1) is 23.5. The van der Waals surface area contributed by atoms with Gasteiger partial charge in [0.15, 0.2) is 36.3 Å². The predicted octanol–water partition coefficient (Wildman–Crippen LogP) is 10.2. The molecule has 0 fully saturated rings. The summed E-state index contributed by atoms with van der Waals surface area (Å²) in [5.74, 6) is 0.538. The van der Waals surface area contributed by atoms with Crippen LogP contribution < -0.4 is 4.74 Å². The Morgan fingerprint density at radius 2 is 1.49 bits per heavy atom. The fourth-order valence-corrected chi connectivity index (χ4v) is 11.7. The summed E-state index contributed by atoms with van der Waals surface area (Å²) in [6.45, 7) is 31.2.